The van der Waals surface area contributed by atoms with E-state index in [1.165, 1.54) is 22.9 Å². The van der Waals surface area contributed by atoms with E-state index in [0.29, 0.717) is 0 Å². The van der Waals surface area contributed by atoms with E-state index < -0.39 is 4.92 Å². The third kappa shape index (κ3) is 2.40. The molecule has 76 valence electrons. The van der Waals surface area contributed by atoms with E-state index in [2.05, 4.69) is 0 Å². The van der Waals surface area contributed by atoms with Crippen LogP contribution in [0.15, 0.2) is 23.1 Å². The summed E-state index contributed by atoms with van der Waals surface area (Å²) in [6.07, 6.45) is 1.20. The average molecular weight is 197 g/mol. The number of aromatic nitrogens is 1. The number of hydrogen-bond donors (Lipinski definition) is 1. The molecule has 1 heterocycles. The monoisotopic (exact) mass is 197 g/mol. The van der Waals surface area contributed by atoms with Crippen molar-refractivity contribution in [3.63, 3.8) is 0 Å². The quantitative estimate of drug-likeness (QED) is 0.549. The zero-order valence-electron chi connectivity index (χ0n) is 7.71. The highest BCUT2D eigenvalue weighted by Crippen LogP contribution is 2.06. The zero-order chi connectivity index (χ0) is 10.7. The third-order valence-electron chi connectivity index (χ3n) is 1.66. The van der Waals surface area contributed by atoms with Gasteiger partial charge in [0.15, 0.2) is 0 Å². The Hall–Kier alpha value is -1.69. The Morgan fingerprint density at radius 2 is 2.29 bits per heavy atom. The van der Waals surface area contributed by atoms with Crippen LogP contribution in [0.5, 0.6) is 0 Å². The maximum absolute atomic E-state index is 11.2. The number of hydrogen-bond acceptors (Lipinski definition) is 4. The van der Waals surface area contributed by atoms with Crippen molar-refractivity contribution in [2.45, 2.75) is 19.5 Å². The highest BCUT2D eigenvalue weighted by atomic mass is 16.6. The van der Waals surface area contributed by atoms with E-state index in [9.17, 15) is 14.9 Å². The summed E-state index contributed by atoms with van der Waals surface area (Å²) in [5, 5.41) is 10.4. The molecule has 14 heavy (non-hydrogen) atoms. The molecular formula is C8H11N3O3. The summed E-state index contributed by atoms with van der Waals surface area (Å²) >= 11 is 0. The normalized spacial score (nSPS) is 12.4. The van der Waals surface area contributed by atoms with Gasteiger partial charge in [0.2, 0.25) is 0 Å². The molecule has 0 bridgehead atoms. The number of pyridine rings is 1. The molecule has 0 aliphatic heterocycles. The topological polar surface area (TPSA) is 91.2 Å². The fraction of sp³-hybridized carbons (Fsp3) is 0.375. The van der Waals surface area contributed by atoms with Crippen LogP contribution in [0.2, 0.25) is 0 Å². The van der Waals surface area contributed by atoms with Gasteiger partial charge in [-0.2, -0.15) is 0 Å². The molecule has 0 saturated heterocycles. The van der Waals surface area contributed by atoms with Crippen LogP contribution in [0, 0.1) is 10.1 Å². The Kier molecular flexibility index (Phi) is 2.98. The number of nitrogens with two attached hydrogens (primary N) is 1. The maximum Gasteiger partial charge on any atom is 0.285 e. The first-order chi connectivity index (χ1) is 6.50. The van der Waals surface area contributed by atoms with Crippen molar-refractivity contribution in [3.05, 3.63) is 38.8 Å². The molecule has 1 atom stereocenters. The predicted molar refractivity (Wildman–Crippen MR) is 51.0 cm³/mol. The van der Waals surface area contributed by atoms with Gasteiger partial charge < -0.3 is 10.3 Å². The largest absolute Gasteiger partial charge is 0.326 e. The summed E-state index contributed by atoms with van der Waals surface area (Å²) in [5.74, 6) is 0. The van der Waals surface area contributed by atoms with Crippen LogP contribution >= 0.6 is 0 Å². The van der Waals surface area contributed by atoms with Gasteiger partial charge in [-0.3, -0.25) is 14.9 Å². The first kappa shape index (κ1) is 10.4. The first-order valence-corrected chi connectivity index (χ1v) is 4.11. The molecule has 2 N–H and O–H groups in total. The van der Waals surface area contributed by atoms with Crippen molar-refractivity contribution >= 4 is 5.69 Å². The number of nitro groups is 1. The lowest BCUT2D eigenvalue weighted by molar-refractivity contribution is -0.385. The highest BCUT2D eigenvalue weighted by Gasteiger charge is 2.08. The molecule has 0 spiro atoms. The molecule has 1 unspecified atom stereocenters. The van der Waals surface area contributed by atoms with Gasteiger partial charge in [0.25, 0.3) is 11.2 Å². The molecule has 1 aromatic rings. The number of nitrogens with zero attached hydrogens (tertiary/aromatic N) is 2. The van der Waals surface area contributed by atoms with Crippen LogP contribution in [0.4, 0.5) is 5.69 Å². The lowest BCUT2D eigenvalue weighted by Crippen LogP contribution is -2.29. The lowest BCUT2D eigenvalue weighted by Gasteiger charge is -2.07. The number of rotatable bonds is 3. The van der Waals surface area contributed by atoms with Gasteiger partial charge in [0.1, 0.15) is 0 Å². The summed E-state index contributed by atoms with van der Waals surface area (Å²) in [4.78, 5) is 21.1. The molecule has 1 aromatic heterocycles. The summed E-state index contributed by atoms with van der Waals surface area (Å²) < 4.78 is 1.24. The van der Waals surface area contributed by atoms with Gasteiger partial charge in [0, 0.05) is 24.7 Å². The van der Waals surface area contributed by atoms with Crippen molar-refractivity contribution in [1.82, 2.24) is 4.57 Å². The van der Waals surface area contributed by atoms with Crippen molar-refractivity contribution in [3.8, 4) is 0 Å². The summed E-state index contributed by atoms with van der Waals surface area (Å²) in [7, 11) is 0. The summed E-state index contributed by atoms with van der Waals surface area (Å²) in [6, 6.07) is 2.13. The van der Waals surface area contributed by atoms with Crippen LogP contribution in [0.25, 0.3) is 0 Å². The minimum absolute atomic E-state index is 0.106. The van der Waals surface area contributed by atoms with E-state index in [4.69, 9.17) is 5.73 Å². The standard InChI is InChI=1S/C8H11N3O3/c1-6(9)4-10-5-7(11(13)14)2-3-8(10)12/h2-3,5-6H,4,9H2,1H3. The Morgan fingerprint density at radius 3 is 2.79 bits per heavy atom. The Balaban J connectivity index is 3.08. The van der Waals surface area contributed by atoms with E-state index in [1.807, 2.05) is 0 Å². The molecule has 0 saturated carbocycles. The predicted octanol–water partition coefficient (Wildman–Crippen LogP) is 0.104. The molecule has 0 fully saturated rings. The second-order valence-corrected chi connectivity index (χ2v) is 3.11. The summed E-state index contributed by atoms with van der Waals surface area (Å²) in [5.41, 5.74) is 5.10. The lowest BCUT2D eigenvalue weighted by atomic mass is 10.3. The van der Waals surface area contributed by atoms with Crippen LogP contribution in [-0.2, 0) is 6.54 Å². The van der Waals surface area contributed by atoms with Gasteiger partial charge in [-0.25, -0.2) is 0 Å². The van der Waals surface area contributed by atoms with Gasteiger partial charge >= 0.3 is 0 Å². The minimum Gasteiger partial charge on any atom is -0.326 e. The van der Waals surface area contributed by atoms with E-state index in [-0.39, 0.29) is 23.8 Å². The fourth-order valence-electron chi connectivity index (χ4n) is 1.08. The average Bonchev–Trinajstić information content (AvgIpc) is 2.07. The molecular weight excluding hydrogens is 186 g/mol. The molecule has 0 aliphatic rings. The van der Waals surface area contributed by atoms with Gasteiger partial charge in [0.05, 0.1) is 11.1 Å². The van der Waals surface area contributed by atoms with Crippen molar-refractivity contribution in [2.75, 3.05) is 0 Å². The SMILES string of the molecule is CC(N)Cn1cc([N+](=O)[O-])ccc1=O. The Labute approximate surface area is 80.1 Å². The molecule has 6 heteroatoms. The van der Waals surface area contributed by atoms with Crippen LogP contribution in [0.1, 0.15) is 6.92 Å². The van der Waals surface area contributed by atoms with E-state index in [1.54, 1.807) is 6.92 Å². The van der Waals surface area contributed by atoms with Gasteiger partial charge in [-0.1, -0.05) is 0 Å². The van der Waals surface area contributed by atoms with E-state index >= 15 is 0 Å². The van der Waals surface area contributed by atoms with Crippen molar-refractivity contribution < 1.29 is 4.92 Å². The second-order valence-electron chi connectivity index (χ2n) is 3.11. The highest BCUT2D eigenvalue weighted by molar-refractivity contribution is 5.24. The van der Waals surface area contributed by atoms with Crippen molar-refractivity contribution in [1.29, 1.82) is 0 Å². The zero-order valence-corrected chi connectivity index (χ0v) is 7.71. The second kappa shape index (κ2) is 4.01. The van der Waals surface area contributed by atoms with Gasteiger partial charge in [-0.15, -0.1) is 0 Å². The molecule has 0 aliphatic carbocycles. The smallest absolute Gasteiger partial charge is 0.285 e. The third-order valence-corrected chi connectivity index (χ3v) is 1.66. The maximum atomic E-state index is 11.2. The Bertz CT molecular complexity index is 397. The molecule has 0 amide bonds. The molecule has 0 aromatic carbocycles. The van der Waals surface area contributed by atoms with Crippen LogP contribution < -0.4 is 11.3 Å². The van der Waals surface area contributed by atoms with Gasteiger partial charge in [-0.05, 0) is 6.92 Å². The molecule has 6 nitrogen and oxygen atoms in total. The summed E-state index contributed by atoms with van der Waals surface area (Å²) in [6.45, 7) is 2.01. The minimum atomic E-state index is -0.545. The van der Waals surface area contributed by atoms with Crippen LogP contribution in [0.3, 0.4) is 0 Å². The van der Waals surface area contributed by atoms with Crippen molar-refractivity contribution in [2.24, 2.45) is 5.73 Å². The first-order valence-electron chi connectivity index (χ1n) is 4.11. The molecule has 1 rings (SSSR count). The molecule has 0 radical (unpaired) electrons. The fourth-order valence-corrected chi connectivity index (χ4v) is 1.08. The van der Waals surface area contributed by atoms with Crippen LogP contribution in [-0.4, -0.2) is 15.5 Å². The Morgan fingerprint density at radius 1 is 1.64 bits per heavy atom. The van der Waals surface area contributed by atoms with E-state index in [0.717, 1.165) is 0 Å².